The Morgan fingerprint density at radius 2 is 2.11 bits per heavy atom. The maximum absolute atomic E-state index is 11.6. The van der Waals surface area contributed by atoms with Crippen LogP contribution in [0, 0.1) is 0 Å². The van der Waals surface area contributed by atoms with Crippen molar-refractivity contribution in [3.05, 3.63) is 54.2 Å². The summed E-state index contributed by atoms with van der Waals surface area (Å²) in [5.41, 5.74) is 1.63. The second kappa shape index (κ2) is 6.80. The Balaban J connectivity index is 1.87. The van der Waals surface area contributed by atoms with E-state index in [9.17, 15) is 4.79 Å². The Bertz CT molecular complexity index is 546. The average Bonchev–Trinajstić information content (AvgIpc) is 2.46. The van der Waals surface area contributed by atoms with Gasteiger partial charge in [0.15, 0.2) is 0 Å². The Labute approximate surface area is 116 Å². The van der Waals surface area contributed by atoms with Crippen molar-refractivity contribution in [2.75, 3.05) is 11.6 Å². The zero-order valence-electron chi connectivity index (χ0n) is 10.5. The van der Waals surface area contributed by atoms with E-state index in [1.807, 2.05) is 36.6 Å². The smallest absolute Gasteiger partial charge is 0.411 e. The Hall–Kier alpha value is -2.01. The van der Waals surface area contributed by atoms with Crippen molar-refractivity contribution in [2.24, 2.45) is 0 Å². The summed E-state index contributed by atoms with van der Waals surface area (Å²) in [6.45, 7) is 0.257. The number of pyridine rings is 1. The molecule has 0 radical (unpaired) electrons. The predicted molar refractivity (Wildman–Crippen MR) is 76.3 cm³/mol. The molecular weight excluding hydrogens is 260 g/mol. The number of hydrogen-bond acceptors (Lipinski definition) is 4. The molecule has 0 aliphatic rings. The summed E-state index contributed by atoms with van der Waals surface area (Å²) in [6, 6.07) is 13.1. The SMILES string of the molecule is CSc1cc(NC(=O)OCc2ccccc2)ccn1. The van der Waals surface area contributed by atoms with E-state index in [4.69, 9.17) is 4.74 Å². The van der Waals surface area contributed by atoms with Crippen LogP contribution >= 0.6 is 11.8 Å². The number of aromatic nitrogens is 1. The normalized spacial score (nSPS) is 9.95. The molecule has 0 atom stereocenters. The fourth-order valence-electron chi connectivity index (χ4n) is 1.48. The number of benzene rings is 1. The first-order valence-corrected chi connectivity index (χ1v) is 6.98. The minimum absolute atomic E-state index is 0.257. The summed E-state index contributed by atoms with van der Waals surface area (Å²) in [5, 5.41) is 3.52. The van der Waals surface area contributed by atoms with Crippen LogP contribution in [0.3, 0.4) is 0 Å². The molecule has 0 saturated heterocycles. The summed E-state index contributed by atoms with van der Waals surface area (Å²) in [7, 11) is 0. The van der Waals surface area contributed by atoms with Gasteiger partial charge in [-0.15, -0.1) is 11.8 Å². The van der Waals surface area contributed by atoms with Crippen molar-refractivity contribution < 1.29 is 9.53 Å². The van der Waals surface area contributed by atoms with Gasteiger partial charge in [0.2, 0.25) is 0 Å². The average molecular weight is 274 g/mol. The standard InChI is InChI=1S/C14H14N2O2S/c1-19-13-9-12(7-8-15-13)16-14(17)18-10-11-5-3-2-4-6-11/h2-9H,10H2,1H3,(H,15,16,17). The predicted octanol–water partition coefficient (Wildman–Crippen LogP) is 3.55. The fourth-order valence-corrected chi connectivity index (χ4v) is 1.89. The van der Waals surface area contributed by atoms with Gasteiger partial charge in [-0.05, 0) is 24.0 Å². The van der Waals surface area contributed by atoms with E-state index in [-0.39, 0.29) is 6.61 Å². The topological polar surface area (TPSA) is 51.2 Å². The molecule has 0 aliphatic heterocycles. The van der Waals surface area contributed by atoms with Crippen LogP contribution in [0.1, 0.15) is 5.56 Å². The molecule has 0 spiro atoms. The van der Waals surface area contributed by atoms with E-state index in [1.165, 1.54) is 11.8 Å². The molecule has 0 bridgehead atoms. The van der Waals surface area contributed by atoms with Gasteiger partial charge in [-0.1, -0.05) is 30.3 Å². The first-order chi connectivity index (χ1) is 9.28. The molecule has 0 fully saturated rings. The molecule has 98 valence electrons. The van der Waals surface area contributed by atoms with Crippen LogP contribution in [0.25, 0.3) is 0 Å². The van der Waals surface area contributed by atoms with Crippen LogP contribution in [-0.2, 0) is 11.3 Å². The highest BCUT2D eigenvalue weighted by Crippen LogP contribution is 2.16. The minimum Gasteiger partial charge on any atom is -0.444 e. The van der Waals surface area contributed by atoms with Gasteiger partial charge in [0.25, 0.3) is 0 Å². The van der Waals surface area contributed by atoms with Crippen LogP contribution in [0.2, 0.25) is 0 Å². The third-order valence-electron chi connectivity index (χ3n) is 2.40. The van der Waals surface area contributed by atoms with E-state index in [0.717, 1.165) is 10.6 Å². The maximum Gasteiger partial charge on any atom is 0.411 e. The van der Waals surface area contributed by atoms with Gasteiger partial charge in [0, 0.05) is 11.9 Å². The number of ether oxygens (including phenoxy) is 1. The van der Waals surface area contributed by atoms with E-state index < -0.39 is 6.09 Å². The van der Waals surface area contributed by atoms with Crippen LogP contribution in [0.5, 0.6) is 0 Å². The molecule has 2 rings (SSSR count). The number of thioether (sulfide) groups is 1. The zero-order chi connectivity index (χ0) is 13.5. The summed E-state index contributed by atoms with van der Waals surface area (Å²) in [6.07, 6.45) is 3.11. The molecule has 0 saturated carbocycles. The van der Waals surface area contributed by atoms with Crippen LogP contribution in [0.4, 0.5) is 10.5 Å². The molecule has 2 aromatic rings. The molecule has 5 heteroatoms. The van der Waals surface area contributed by atoms with Crippen molar-refractivity contribution in [2.45, 2.75) is 11.6 Å². The largest absolute Gasteiger partial charge is 0.444 e. The van der Waals surface area contributed by atoms with Gasteiger partial charge in [-0.2, -0.15) is 0 Å². The van der Waals surface area contributed by atoms with Gasteiger partial charge < -0.3 is 4.74 Å². The van der Waals surface area contributed by atoms with Crippen molar-refractivity contribution in [1.82, 2.24) is 4.98 Å². The second-order valence-electron chi connectivity index (χ2n) is 3.77. The highest BCUT2D eigenvalue weighted by atomic mass is 32.2. The number of carbonyl (C=O) groups is 1. The summed E-state index contributed by atoms with van der Waals surface area (Å²) in [5.74, 6) is 0. The number of rotatable bonds is 4. The van der Waals surface area contributed by atoms with E-state index in [2.05, 4.69) is 10.3 Å². The zero-order valence-corrected chi connectivity index (χ0v) is 11.3. The van der Waals surface area contributed by atoms with Crippen molar-refractivity contribution >= 4 is 23.5 Å². The molecule has 1 heterocycles. The van der Waals surface area contributed by atoms with Gasteiger partial charge in [-0.25, -0.2) is 9.78 Å². The first-order valence-electron chi connectivity index (χ1n) is 5.75. The van der Waals surface area contributed by atoms with Crippen molar-refractivity contribution in [3.8, 4) is 0 Å². The van der Waals surface area contributed by atoms with E-state index in [1.54, 1.807) is 18.3 Å². The van der Waals surface area contributed by atoms with Crippen LogP contribution < -0.4 is 5.32 Å². The van der Waals surface area contributed by atoms with E-state index in [0.29, 0.717) is 5.69 Å². The van der Waals surface area contributed by atoms with Gasteiger partial charge in [-0.3, -0.25) is 5.32 Å². The summed E-state index contributed by atoms with van der Waals surface area (Å²) >= 11 is 1.52. The molecule has 1 aromatic carbocycles. The highest BCUT2D eigenvalue weighted by Gasteiger charge is 2.04. The first kappa shape index (κ1) is 13.4. The lowest BCUT2D eigenvalue weighted by Gasteiger charge is -2.07. The molecular formula is C14H14N2O2S. The second-order valence-corrected chi connectivity index (χ2v) is 4.60. The molecule has 1 amide bonds. The molecule has 1 aromatic heterocycles. The highest BCUT2D eigenvalue weighted by molar-refractivity contribution is 7.98. The summed E-state index contributed by atoms with van der Waals surface area (Å²) in [4.78, 5) is 15.8. The molecule has 1 N–H and O–H groups in total. The quantitative estimate of drug-likeness (QED) is 0.866. The maximum atomic E-state index is 11.6. The Morgan fingerprint density at radius 1 is 1.32 bits per heavy atom. The number of nitrogens with zero attached hydrogens (tertiary/aromatic N) is 1. The van der Waals surface area contributed by atoms with Gasteiger partial charge in [0.1, 0.15) is 6.61 Å². The van der Waals surface area contributed by atoms with Crippen LogP contribution in [0.15, 0.2) is 53.7 Å². The number of nitrogens with one attached hydrogen (secondary N) is 1. The molecule has 4 nitrogen and oxygen atoms in total. The fraction of sp³-hybridized carbons (Fsp3) is 0.143. The monoisotopic (exact) mass is 274 g/mol. The van der Waals surface area contributed by atoms with Crippen molar-refractivity contribution in [3.63, 3.8) is 0 Å². The van der Waals surface area contributed by atoms with Crippen LogP contribution in [-0.4, -0.2) is 17.3 Å². The van der Waals surface area contributed by atoms with Crippen molar-refractivity contribution in [1.29, 1.82) is 0 Å². The lowest BCUT2D eigenvalue weighted by atomic mass is 10.2. The van der Waals surface area contributed by atoms with E-state index >= 15 is 0 Å². The third-order valence-corrected chi connectivity index (χ3v) is 3.04. The Morgan fingerprint density at radius 3 is 2.84 bits per heavy atom. The molecule has 0 aliphatic carbocycles. The number of hydrogen-bond donors (Lipinski definition) is 1. The van der Waals surface area contributed by atoms with Gasteiger partial charge >= 0.3 is 6.09 Å². The lowest BCUT2D eigenvalue weighted by molar-refractivity contribution is 0.155. The number of anilines is 1. The number of amides is 1. The Kier molecular flexibility index (Phi) is 4.80. The third kappa shape index (κ3) is 4.30. The minimum atomic E-state index is -0.470. The summed E-state index contributed by atoms with van der Waals surface area (Å²) < 4.78 is 5.13. The molecule has 0 unspecified atom stereocenters. The lowest BCUT2D eigenvalue weighted by Crippen LogP contribution is -2.13. The number of carbonyl (C=O) groups excluding carboxylic acids is 1. The van der Waals surface area contributed by atoms with Gasteiger partial charge in [0.05, 0.1) is 5.03 Å². The molecule has 19 heavy (non-hydrogen) atoms.